The molecule has 21 heavy (non-hydrogen) atoms. The number of hydrogen-bond acceptors (Lipinski definition) is 1. The van der Waals surface area contributed by atoms with Crippen molar-refractivity contribution >= 4 is 10.9 Å². The van der Waals surface area contributed by atoms with Gasteiger partial charge in [0.05, 0.1) is 6.04 Å². The number of halogens is 1. The van der Waals surface area contributed by atoms with E-state index in [0.717, 1.165) is 19.4 Å². The van der Waals surface area contributed by atoms with E-state index in [1.807, 2.05) is 0 Å². The number of benzene rings is 2. The van der Waals surface area contributed by atoms with Gasteiger partial charge in [0.2, 0.25) is 0 Å². The van der Waals surface area contributed by atoms with E-state index in [1.54, 1.807) is 0 Å². The Bertz CT molecular complexity index is 733. The molecule has 4 rings (SSSR count). The summed E-state index contributed by atoms with van der Waals surface area (Å²) in [6, 6.07) is 19.8. The Kier molecular flexibility index (Phi) is 4.00. The number of para-hydroxylation sites is 1. The molecule has 2 nitrogen and oxygen atoms in total. The fourth-order valence-electron chi connectivity index (χ4n) is 3.29. The molecule has 1 unspecified atom stereocenters. The van der Waals surface area contributed by atoms with E-state index in [-0.39, 0.29) is 12.4 Å². The Morgan fingerprint density at radius 1 is 0.952 bits per heavy atom. The molecule has 0 saturated heterocycles. The summed E-state index contributed by atoms with van der Waals surface area (Å²) in [5.41, 5.74) is 5.53. The van der Waals surface area contributed by atoms with Gasteiger partial charge in [0.25, 0.3) is 0 Å². The molecule has 3 aromatic rings. The molecule has 2 N–H and O–H groups in total. The van der Waals surface area contributed by atoms with E-state index < -0.39 is 0 Å². The summed E-state index contributed by atoms with van der Waals surface area (Å²) < 4.78 is 0. The lowest BCUT2D eigenvalue weighted by Crippen LogP contribution is -3.00. The Hall–Kier alpha value is -1.77. The minimum atomic E-state index is 0. The van der Waals surface area contributed by atoms with Crippen LogP contribution in [-0.2, 0) is 12.8 Å². The molecule has 0 bridgehead atoms. The topological polar surface area (TPSA) is 27.8 Å². The molecule has 1 aromatic heterocycles. The van der Waals surface area contributed by atoms with Gasteiger partial charge in [-0.1, -0.05) is 48.5 Å². The van der Waals surface area contributed by atoms with Crippen molar-refractivity contribution in [2.45, 2.75) is 18.9 Å². The molecular weight excluding hydrogens is 280 g/mol. The molecule has 1 aliphatic rings. The van der Waals surface area contributed by atoms with Crippen molar-refractivity contribution in [1.82, 2.24) is 10.3 Å². The highest BCUT2D eigenvalue weighted by Gasteiger charge is 2.23. The van der Waals surface area contributed by atoms with Crippen molar-refractivity contribution in [1.29, 1.82) is 0 Å². The molecule has 1 atom stereocenters. The maximum atomic E-state index is 3.65. The number of hydrogen-bond donors (Lipinski definition) is 2. The van der Waals surface area contributed by atoms with Crippen LogP contribution >= 0.6 is 0 Å². The van der Waals surface area contributed by atoms with E-state index in [1.165, 1.54) is 27.7 Å². The first-order valence-electron chi connectivity index (χ1n) is 7.28. The first kappa shape index (κ1) is 14.2. The molecule has 2 aromatic carbocycles. The van der Waals surface area contributed by atoms with Crippen LogP contribution in [-0.4, -0.2) is 11.5 Å². The van der Waals surface area contributed by atoms with Gasteiger partial charge in [-0.25, -0.2) is 0 Å². The fraction of sp³-hybridized carbons (Fsp3) is 0.222. The van der Waals surface area contributed by atoms with E-state index in [9.17, 15) is 0 Å². The van der Waals surface area contributed by atoms with Gasteiger partial charge in [-0.05, 0) is 36.6 Å². The predicted octanol–water partition coefficient (Wildman–Crippen LogP) is 0.601. The van der Waals surface area contributed by atoms with Gasteiger partial charge in [-0.15, -0.1) is 0 Å². The molecule has 108 valence electrons. The lowest BCUT2D eigenvalue weighted by Gasteiger charge is -2.24. The fourth-order valence-corrected chi connectivity index (χ4v) is 3.29. The Balaban J connectivity index is 0.00000132. The van der Waals surface area contributed by atoms with Gasteiger partial charge in [-0.2, -0.15) is 0 Å². The first-order chi connectivity index (χ1) is 9.92. The molecule has 0 aliphatic carbocycles. The molecule has 0 saturated carbocycles. The second kappa shape index (κ2) is 5.92. The van der Waals surface area contributed by atoms with Crippen LogP contribution in [0, 0.1) is 0 Å². The van der Waals surface area contributed by atoms with E-state index >= 15 is 0 Å². The second-order valence-electron chi connectivity index (χ2n) is 5.51. The minimum Gasteiger partial charge on any atom is -1.00 e. The molecule has 3 heteroatoms. The largest absolute Gasteiger partial charge is 1.00 e. The zero-order valence-electron chi connectivity index (χ0n) is 11.8. The third-order valence-electron chi connectivity index (χ3n) is 4.24. The van der Waals surface area contributed by atoms with Crippen LogP contribution in [0.4, 0.5) is 0 Å². The summed E-state index contributed by atoms with van der Waals surface area (Å²) in [4.78, 5) is 3.62. The molecular formula is C18H18ClN2-. The summed E-state index contributed by atoms with van der Waals surface area (Å²) >= 11 is 0. The standard InChI is InChI=1S/C18H18N2.ClH/c1-2-6-13(7-3-1)12-17-18-15(10-11-19-17)14-8-4-5-9-16(14)20-18;/h1-9,17,19-20H,10-12H2;1H/p-1. The van der Waals surface area contributed by atoms with Gasteiger partial charge in [0.1, 0.15) is 0 Å². The van der Waals surface area contributed by atoms with Crippen LogP contribution in [0.5, 0.6) is 0 Å². The molecule has 0 spiro atoms. The van der Waals surface area contributed by atoms with Crippen molar-refractivity contribution in [3.8, 4) is 0 Å². The third-order valence-corrected chi connectivity index (χ3v) is 4.24. The van der Waals surface area contributed by atoms with Crippen LogP contribution in [0.2, 0.25) is 0 Å². The monoisotopic (exact) mass is 297 g/mol. The average molecular weight is 298 g/mol. The van der Waals surface area contributed by atoms with E-state index in [0.29, 0.717) is 6.04 Å². The lowest BCUT2D eigenvalue weighted by atomic mass is 9.95. The minimum absolute atomic E-state index is 0. The summed E-state index contributed by atoms with van der Waals surface area (Å²) in [6.45, 7) is 1.06. The number of H-pyrrole nitrogens is 1. The molecule has 2 heterocycles. The van der Waals surface area contributed by atoms with Gasteiger partial charge < -0.3 is 22.7 Å². The highest BCUT2D eigenvalue weighted by molar-refractivity contribution is 5.85. The predicted molar refractivity (Wildman–Crippen MR) is 82.9 cm³/mol. The van der Waals surface area contributed by atoms with Gasteiger partial charge in [0, 0.05) is 16.6 Å². The van der Waals surface area contributed by atoms with Crippen molar-refractivity contribution in [2.75, 3.05) is 6.54 Å². The summed E-state index contributed by atoms with van der Waals surface area (Å²) in [6.07, 6.45) is 2.16. The van der Waals surface area contributed by atoms with Gasteiger partial charge in [-0.3, -0.25) is 0 Å². The van der Waals surface area contributed by atoms with Crippen molar-refractivity contribution in [3.63, 3.8) is 0 Å². The summed E-state index contributed by atoms with van der Waals surface area (Å²) in [5.74, 6) is 0. The highest BCUT2D eigenvalue weighted by atomic mass is 35.5. The third kappa shape index (κ3) is 2.57. The summed E-state index contributed by atoms with van der Waals surface area (Å²) in [7, 11) is 0. The van der Waals surface area contributed by atoms with Crippen molar-refractivity contribution < 1.29 is 12.4 Å². The zero-order valence-corrected chi connectivity index (χ0v) is 12.5. The van der Waals surface area contributed by atoms with Crippen molar-refractivity contribution in [2.24, 2.45) is 0 Å². The zero-order chi connectivity index (χ0) is 13.4. The Morgan fingerprint density at radius 3 is 2.57 bits per heavy atom. The quantitative estimate of drug-likeness (QED) is 0.712. The normalized spacial score (nSPS) is 17.2. The molecule has 0 fully saturated rings. The number of aromatic amines is 1. The van der Waals surface area contributed by atoms with Crippen LogP contribution in [0.15, 0.2) is 54.6 Å². The van der Waals surface area contributed by atoms with Crippen LogP contribution < -0.4 is 17.7 Å². The van der Waals surface area contributed by atoms with Crippen LogP contribution in [0.1, 0.15) is 22.9 Å². The van der Waals surface area contributed by atoms with Crippen molar-refractivity contribution in [3.05, 3.63) is 71.4 Å². The summed E-state index contributed by atoms with van der Waals surface area (Å²) in [5, 5.41) is 5.04. The SMILES string of the molecule is [Cl-].c1ccc(CC2NCCc3c2[nH]c2ccccc32)cc1. The van der Waals surface area contributed by atoms with Gasteiger partial charge in [0.15, 0.2) is 0 Å². The maximum Gasteiger partial charge on any atom is 0.0517 e. The smallest absolute Gasteiger partial charge is 0.0517 e. The second-order valence-corrected chi connectivity index (χ2v) is 5.51. The number of nitrogens with one attached hydrogen (secondary N) is 2. The van der Waals surface area contributed by atoms with E-state index in [4.69, 9.17) is 0 Å². The molecule has 1 aliphatic heterocycles. The Labute approximate surface area is 131 Å². The lowest BCUT2D eigenvalue weighted by molar-refractivity contribution is -0.00000404. The van der Waals surface area contributed by atoms with Crippen LogP contribution in [0.3, 0.4) is 0 Å². The maximum absolute atomic E-state index is 3.65. The number of aromatic nitrogens is 1. The van der Waals surface area contributed by atoms with Gasteiger partial charge >= 0.3 is 0 Å². The molecule has 0 amide bonds. The first-order valence-corrected chi connectivity index (χ1v) is 7.28. The Morgan fingerprint density at radius 2 is 1.71 bits per heavy atom. The number of fused-ring (bicyclic) bond motifs is 3. The number of rotatable bonds is 2. The molecule has 0 radical (unpaired) electrons. The highest BCUT2D eigenvalue weighted by Crippen LogP contribution is 2.31. The van der Waals surface area contributed by atoms with Crippen LogP contribution in [0.25, 0.3) is 10.9 Å². The average Bonchev–Trinajstić information content (AvgIpc) is 2.88. The van der Waals surface area contributed by atoms with E-state index in [2.05, 4.69) is 64.9 Å².